The van der Waals surface area contributed by atoms with Gasteiger partial charge in [-0.2, -0.15) is 0 Å². The van der Waals surface area contributed by atoms with Crippen LogP contribution in [-0.2, 0) is 9.53 Å². The second-order valence-corrected chi connectivity index (χ2v) is 5.64. The molecule has 7 nitrogen and oxygen atoms in total. The van der Waals surface area contributed by atoms with E-state index in [1.807, 2.05) is 0 Å². The Morgan fingerprint density at radius 1 is 1.21 bits per heavy atom. The van der Waals surface area contributed by atoms with Crippen LogP contribution in [0.15, 0.2) is 18.2 Å². The highest BCUT2D eigenvalue weighted by Crippen LogP contribution is 2.24. The zero-order valence-corrected chi connectivity index (χ0v) is 13.2. The quantitative estimate of drug-likeness (QED) is 0.731. The minimum absolute atomic E-state index is 0.130. The van der Waals surface area contributed by atoms with E-state index < -0.39 is 23.8 Å². The zero-order valence-electron chi connectivity index (χ0n) is 13.2. The molecule has 1 aliphatic rings. The Hall–Kier alpha value is -2.64. The lowest BCUT2D eigenvalue weighted by Crippen LogP contribution is -2.41. The Morgan fingerprint density at radius 2 is 1.88 bits per heavy atom. The molecule has 1 aliphatic carbocycles. The third-order valence-corrected chi connectivity index (χ3v) is 4.06. The van der Waals surface area contributed by atoms with Crippen LogP contribution in [0.4, 0.5) is 14.9 Å². The van der Waals surface area contributed by atoms with Gasteiger partial charge in [-0.3, -0.25) is 4.79 Å². The van der Waals surface area contributed by atoms with Gasteiger partial charge in [0.1, 0.15) is 0 Å². The van der Waals surface area contributed by atoms with Gasteiger partial charge < -0.3 is 20.5 Å². The van der Waals surface area contributed by atoms with Crippen LogP contribution in [0.3, 0.4) is 0 Å². The molecule has 0 spiro atoms. The fraction of sp³-hybridized carbons (Fsp3) is 0.438. The van der Waals surface area contributed by atoms with E-state index in [4.69, 9.17) is 5.11 Å². The van der Waals surface area contributed by atoms with Crippen molar-refractivity contribution in [2.45, 2.75) is 31.7 Å². The predicted molar refractivity (Wildman–Crippen MR) is 83.3 cm³/mol. The van der Waals surface area contributed by atoms with Gasteiger partial charge >= 0.3 is 18.0 Å². The van der Waals surface area contributed by atoms with E-state index in [-0.39, 0.29) is 23.2 Å². The molecule has 1 fully saturated rings. The lowest BCUT2D eigenvalue weighted by Gasteiger charge is -2.26. The molecule has 0 bridgehead atoms. The first-order valence-corrected chi connectivity index (χ1v) is 7.59. The van der Waals surface area contributed by atoms with Gasteiger partial charge in [0.25, 0.3) is 0 Å². The molecule has 2 amide bonds. The van der Waals surface area contributed by atoms with E-state index in [0.717, 1.165) is 7.11 Å². The standard InChI is InChI=1S/C16H19FN2O5/c1-24-15(22)11-3-2-4-12(13(11)17)19-16(23)18-10-7-5-9(6-8-10)14(20)21/h2-4,9-10H,5-8H2,1H3,(H,20,21)(H2,18,19,23). The first-order chi connectivity index (χ1) is 11.4. The molecule has 0 unspecified atom stereocenters. The molecule has 1 saturated carbocycles. The molecule has 130 valence electrons. The minimum Gasteiger partial charge on any atom is -0.481 e. The van der Waals surface area contributed by atoms with E-state index in [1.54, 1.807) is 0 Å². The molecule has 0 heterocycles. The summed E-state index contributed by atoms with van der Waals surface area (Å²) in [6.07, 6.45) is 2.09. The van der Waals surface area contributed by atoms with Crippen LogP contribution in [0.1, 0.15) is 36.0 Å². The Labute approximate surface area is 138 Å². The van der Waals surface area contributed by atoms with Crippen molar-refractivity contribution >= 4 is 23.7 Å². The van der Waals surface area contributed by atoms with Crippen molar-refractivity contribution in [1.82, 2.24) is 5.32 Å². The fourth-order valence-corrected chi connectivity index (χ4v) is 2.72. The summed E-state index contributed by atoms with van der Waals surface area (Å²) in [5, 5.41) is 14.0. The second-order valence-electron chi connectivity index (χ2n) is 5.64. The Balaban J connectivity index is 1.94. The van der Waals surface area contributed by atoms with Crippen LogP contribution in [0, 0.1) is 11.7 Å². The molecule has 1 aromatic rings. The number of aliphatic carboxylic acids is 1. The fourth-order valence-electron chi connectivity index (χ4n) is 2.72. The summed E-state index contributed by atoms with van der Waals surface area (Å²) >= 11 is 0. The summed E-state index contributed by atoms with van der Waals surface area (Å²) in [7, 11) is 1.14. The number of amides is 2. The number of hydrogen-bond acceptors (Lipinski definition) is 4. The summed E-state index contributed by atoms with van der Waals surface area (Å²) in [5.41, 5.74) is -0.396. The molecule has 0 saturated heterocycles. The summed E-state index contributed by atoms with van der Waals surface area (Å²) < 4.78 is 18.7. The Kier molecular flexibility index (Phi) is 5.73. The number of hydrogen-bond donors (Lipinski definition) is 3. The average Bonchev–Trinajstić information content (AvgIpc) is 2.56. The lowest BCUT2D eigenvalue weighted by molar-refractivity contribution is -0.142. The molecular formula is C16H19FN2O5. The monoisotopic (exact) mass is 338 g/mol. The maximum Gasteiger partial charge on any atom is 0.340 e. The highest BCUT2D eigenvalue weighted by atomic mass is 19.1. The van der Waals surface area contributed by atoms with Crippen molar-refractivity contribution in [3.05, 3.63) is 29.6 Å². The Bertz CT molecular complexity index is 641. The normalized spacial score (nSPS) is 20.1. The molecule has 0 aromatic heterocycles. The van der Waals surface area contributed by atoms with Gasteiger partial charge in [0, 0.05) is 6.04 Å². The lowest BCUT2D eigenvalue weighted by atomic mass is 9.86. The number of nitrogens with one attached hydrogen (secondary N) is 2. The van der Waals surface area contributed by atoms with Crippen LogP contribution in [0.25, 0.3) is 0 Å². The second kappa shape index (κ2) is 7.76. The third-order valence-electron chi connectivity index (χ3n) is 4.06. The highest BCUT2D eigenvalue weighted by Gasteiger charge is 2.27. The van der Waals surface area contributed by atoms with Gasteiger partial charge in [-0.05, 0) is 37.8 Å². The number of rotatable bonds is 4. The van der Waals surface area contributed by atoms with E-state index in [1.165, 1.54) is 18.2 Å². The summed E-state index contributed by atoms with van der Waals surface area (Å²) in [5.74, 6) is -2.89. The van der Waals surface area contributed by atoms with Gasteiger partial charge in [0.2, 0.25) is 0 Å². The van der Waals surface area contributed by atoms with Crippen LogP contribution in [-0.4, -0.2) is 36.2 Å². The van der Waals surface area contributed by atoms with Crippen molar-refractivity contribution in [2.24, 2.45) is 5.92 Å². The van der Waals surface area contributed by atoms with Crippen LogP contribution >= 0.6 is 0 Å². The number of urea groups is 1. The number of anilines is 1. The number of ether oxygens (including phenoxy) is 1. The van der Waals surface area contributed by atoms with E-state index in [9.17, 15) is 18.8 Å². The molecule has 1 aromatic carbocycles. The van der Waals surface area contributed by atoms with Gasteiger partial charge in [0.15, 0.2) is 5.82 Å². The van der Waals surface area contributed by atoms with Crippen molar-refractivity contribution in [2.75, 3.05) is 12.4 Å². The smallest absolute Gasteiger partial charge is 0.340 e. The molecule has 0 atom stereocenters. The van der Waals surface area contributed by atoms with Crippen LogP contribution in [0.2, 0.25) is 0 Å². The maximum atomic E-state index is 14.2. The van der Waals surface area contributed by atoms with Crippen molar-refractivity contribution in [3.63, 3.8) is 0 Å². The largest absolute Gasteiger partial charge is 0.481 e. The number of halogens is 1. The minimum atomic E-state index is -0.867. The van der Waals surface area contributed by atoms with Crippen molar-refractivity contribution in [1.29, 1.82) is 0 Å². The van der Waals surface area contributed by atoms with Gasteiger partial charge in [-0.25, -0.2) is 14.0 Å². The number of methoxy groups -OCH3 is 1. The number of carboxylic acids is 1. The van der Waals surface area contributed by atoms with Gasteiger partial charge in [0.05, 0.1) is 24.3 Å². The number of carbonyl (C=O) groups is 3. The molecule has 2 rings (SSSR count). The van der Waals surface area contributed by atoms with E-state index in [2.05, 4.69) is 15.4 Å². The molecule has 24 heavy (non-hydrogen) atoms. The summed E-state index contributed by atoms with van der Waals surface area (Å²) in [6, 6.07) is 3.27. The Morgan fingerprint density at radius 3 is 2.46 bits per heavy atom. The zero-order chi connectivity index (χ0) is 17.7. The average molecular weight is 338 g/mol. The summed E-state index contributed by atoms with van der Waals surface area (Å²) in [4.78, 5) is 34.3. The number of esters is 1. The van der Waals surface area contributed by atoms with E-state index in [0.29, 0.717) is 25.7 Å². The van der Waals surface area contributed by atoms with Crippen molar-refractivity contribution in [3.8, 4) is 0 Å². The van der Waals surface area contributed by atoms with E-state index >= 15 is 0 Å². The number of benzene rings is 1. The van der Waals surface area contributed by atoms with Gasteiger partial charge in [-0.15, -0.1) is 0 Å². The predicted octanol–water partition coefficient (Wildman–Crippen LogP) is 2.38. The molecular weight excluding hydrogens is 319 g/mol. The summed E-state index contributed by atoms with van der Waals surface area (Å²) in [6.45, 7) is 0. The van der Waals surface area contributed by atoms with Crippen LogP contribution in [0.5, 0.6) is 0 Å². The number of carbonyl (C=O) groups excluding carboxylic acids is 2. The highest BCUT2D eigenvalue weighted by molar-refractivity contribution is 5.94. The first kappa shape index (κ1) is 17.7. The first-order valence-electron chi connectivity index (χ1n) is 7.59. The SMILES string of the molecule is COC(=O)c1cccc(NC(=O)NC2CCC(C(=O)O)CC2)c1F. The third kappa shape index (κ3) is 4.21. The number of carboxylic acid groups (broad SMARTS) is 1. The van der Waals surface area contributed by atoms with Crippen molar-refractivity contribution < 1.29 is 28.6 Å². The maximum absolute atomic E-state index is 14.2. The molecule has 0 radical (unpaired) electrons. The topological polar surface area (TPSA) is 105 Å². The molecule has 0 aliphatic heterocycles. The molecule has 8 heteroatoms. The molecule has 3 N–H and O–H groups in total. The van der Waals surface area contributed by atoms with Crippen LogP contribution < -0.4 is 10.6 Å². The van der Waals surface area contributed by atoms with Gasteiger partial charge in [-0.1, -0.05) is 6.07 Å².